The fourth-order valence-electron chi connectivity index (χ4n) is 3.77. The van der Waals surface area contributed by atoms with Crippen LogP contribution in [-0.2, 0) is 6.54 Å². The van der Waals surface area contributed by atoms with Gasteiger partial charge in [-0.05, 0) is 49.7 Å². The lowest BCUT2D eigenvalue weighted by Crippen LogP contribution is -2.42. The molecule has 0 aromatic heterocycles. The first kappa shape index (κ1) is 24.3. The fraction of sp³-hybridized carbons (Fsp3) is 0.435. The zero-order valence-electron chi connectivity index (χ0n) is 18.1. The van der Waals surface area contributed by atoms with E-state index in [1.54, 1.807) is 21.3 Å². The van der Waals surface area contributed by atoms with Crippen molar-refractivity contribution in [1.29, 1.82) is 0 Å². The van der Waals surface area contributed by atoms with Gasteiger partial charge in [-0.15, -0.1) is 24.0 Å². The Morgan fingerprint density at radius 2 is 1.70 bits per heavy atom. The maximum atomic E-state index is 5.63. The predicted octanol–water partition coefficient (Wildman–Crippen LogP) is 3.82. The Balaban J connectivity index is 0.00000320. The summed E-state index contributed by atoms with van der Waals surface area (Å²) in [5.41, 5.74) is 2.39. The van der Waals surface area contributed by atoms with Crippen LogP contribution in [0.15, 0.2) is 53.5 Å². The van der Waals surface area contributed by atoms with E-state index in [9.17, 15) is 0 Å². The molecule has 0 aliphatic carbocycles. The van der Waals surface area contributed by atoms with Gasteiger partial charge in [0.05, 0.1) is 20.3 Å². The van der Waals surface area contributed by atoms with Crippen molar-refractivity contribution >= 4 is 29.9 Å². The average molecular weight is 524 g/mol. The molecule has 0 bridgehead atoms. The molecule has 30 heavy (non-hydrogen) atoms. The minimum atomic E-state index is 0. The van der Waals surface area contributed by atoms with E-state index in [4.69, 9.17) is 9.47 Å². The van der Waals surface area contributed by atoms with Crippen molar-refractivity contribution in [3.63, 3.8) is 0 Å². The van der Waals surface area contributed by atoms with Crippen molar-refractivity contribution < 1.29 is 9.47 Å². The first-order valence-electron chi connectivity index (χ1n) is 10.2. The summed E-state index contributed by atoms with van der Waals surface area (Å²) in [5, 5.41) is 6.90. The first-order valence-corrected chi connectivity index (χ1v) is 10.2. The zero-order valence-corrected chi connectivity index (χ0v) is 20.4. The number of benzene rings is 2. The molecule has 1 saturated heterocycles. The lowest BCUT2D eigenvalue weighted by molar-refractivity contribution is 0.239. The van der Waals surface area contributed by atoms with Crippen molar-refractivity contribution in [1.82, 2.24) is 15.5 Å². The molecule has 2 aromatic carbocycles. The van der Waals surface area contributed by atoms with Crippen LogP contribution in [0.2, 0.25) is 0 Å². The number of methoxy groups -OCH3 is 2. The topological polar surface area (TPSA) is 58.1 Å². The molecule has 7 heteroatoms. The van der Waals surface area contributed by atoms with Crippen LogP contribution in [0, 0.1) is 0 Å². The van der Waals surface area contributed by atoms with Gasteiger partial charge in [-0.25, -0.2) is 0 Å². The number of nitrogens with zero attached hydrogens (tertiary/aromatic N) is 2. The number of hydrogen-bond acceptors (Lipinski definition) is 4. The average Bonchev–Trinajstić information content (AvgIpc) is 3.31. The molecular formula is C23H33IN4O2. The normalized spacial score (nSPS) is 15.2. The summed E-state index contributed by atoms with van der Waals surface area (Å²) in [7, 11) is 5.22. The van der Waals surface area contributed by atoms with Crippen molar-refractivity contribution in [3.8, 4) is 11.5 Å². The molecule has 0 spiro atoms. The number of halogens is 1. The maximum absolute atomic E-state index is 5.63. The molecule has 0 saturated carbocycles. The second-order valence-corrected chi connectivity index (χ2v) is 7.16. The van der Waals surface area contributed by atoms with E-state index in [2.05, 4.69) is 44.8 Å². The lowest BCUT2D eigenvalue weighted by atomic mass is 10.0. The summed E-state index contributed by atoms with van der Waals surface area (Å²) in [6, 6.07) is 16.6. The number of ether oxygens (including phenoxy) is 2. The summed E-state index contributed by atoms with van der Waals surface area (Å²) >= 11 is 0. The van der Waals surface area contributed by atoms with E-state index in [1.165, 1.54) is 24.0 Å². The molecule has 6 nitrogen and oxygen atoms in total. The first-order chi connectivity index (χ1) is 14.2. The minimum Gasteiger partial charge on any atom is -0.497 e. The highest BCUT2D eigenvalue weighted by Crippen LogP contribution is 2.31. The fourth-order valence-corrected chi connectivity index (χ4v) is 3.77. The summed E-state index contributed by atoms with van der Waals surface area (Å²) in [5.74, 6) is 2.59. The SMILES string of the molecule is CN=C(NCc1ccc(OC)cc1)NCC(c1ccccc1OC)N1CCCC1.I. The van der Waals surface area contributed by atoms with Crippen LogP contribution in [0.4, 0.5) is 0 Å². The largest absolute Gasteiger partial charge is 0.497 e. The van der Waals surface area contributed by atoms with Crippen molar-refractivity contribution in [2.45, 2.75) is 25.4 Å². The molecule has 0 radical (unpaired) electrons. The van der Waals surface area contributed by atoms with Crippen LogP contribution in [0.5, 0.6) is 11.5 Å². The van der Waals surface area contributed by atoms with Crippen LogP contribution >= 0.6 is 24.0 Å². The molecule has 1 unspecified atom stereocenters. The van der Waals surface area contributed by atoms with Gasteiger partial charge in [0.25, 0.3) is 0 Å². The Morgan fingerprint density at radius 1 is 1.00 bits per heavy atom. The summed E-state index contributed by atoms with van der Waals surface area (Å²) in [4.78, 5) is 6.92. The standard InChI is InChI=1S/C23H32N4O2.HI/c1-24-23(25-16-18-10-12-19(28-2)13-11-18)26-17-21(27-14-6-7-15-27)20-8-4-5-9-22(20)29-3;/h4-5,8-13,21H,6-7,14-17H2,1-3H3,(H2,24,25,26);1H. The van der Waals surface area contributed by atoms with E-state index < -0.39 is 0 Å². The third kappa shape index (κ3) is 6.50. The molecule has 1 atom stereocenters. The molecule has 2 aromatic rings. The molecule has 1 aliphatic heterocycles. The lowest BCUT2D eigenvalue weighted by Gasteiger charge is -2.30. The van der Waals surface area contributed by atoms with Crippen molar-refractivity contribution in [3.05, 3.63) is 59.7 Å². The molecular weight excluding hydrogens is 491 g/mol. The van der Waals surface area contributed by atoms with Gasteiger partial charge in [-0.2, -0.15) is 0 Å². The monoisotopic (exact) mass is 524 g/mol. The van der Waals surface area contributed by atoms with Gasteiger partial charge < -0.3 is 20.1 Å². The van der Waals surface area contributed by atoms with E-state index in [0.717, 1.165) is 37.1 Å². The Labute approximate surface area is 197 Å². The summed E-state index contributed by atoms with van der Waals surface area (Å²) in [6.45, 7) is 3.69. The van der Waals surface area contributed by atoms with E-state index in [1.807, 2.05) is 24.3 Å². The zero-order chi connectivity index (χ0) is 20.5. The Hall–Kier alpha value is -2.00. The van der Waals surface area contributed by atoms with Gasteiger partial charge in [0.15, 0.2) is 5.96 Å². The second-order valence-electron chi connectivity index (χ2n) is 7.16. The van der Waals surface area contributed by atoms with E-state index >= 15 is 0 Å². The third-order valence-corrected chi connectivity index (χ3v) is 5.38. The van der Waals surface area contributed by atoms with E-state index in [0.29, 0.717) is 6.54 Å². The van der Waals surface area contributed by atoms with Crippen molar-refractivity contribution in [2.24, 2.45) is 4.99 Å². The van der Waals surface area contributed by atoms with Crippen LogP contribution in [0.3, 0.4) is 0 Å². The highest BCUT2D eigenvalue weighted by atomic mass is 127. The van der Waals surface area contributed by atoms with Crippen LogP contribution in [0.25, 0.3) is 0 Å². The van der Waals surface area contributed by atoms with Gasteiger partial charge in [0.1, 0.15) is 11.5 Å². The van der Waals surface area contributed by atoms with Crippen LogP contribution < -0.4 is 20.1 Å². The highest BCUT2D eigenvalue weighted by molar-refractivity contribution is 14.0. The number of guanidine groups is 1. The number of likely N-dealkylation sites (tertiary alicyclic amines) is 1. The van der Waals surface area contributed by atoms with E-state index in [-0.39, 0.29) is 30.0 Å². The molecule has 0 amide bonds. The van der Waals surface area contributed by atoms with Gasteiger partial charge in [0, 0.05) is 25.7 Å². The molecule has 3 rings (SSSR count). The Morgan fingerprint density at radius 3 is 2.33 bits per heavy atom. The Bertz CT molecular complexity index is 792. The van der Waals surface area contributed by atoms with Crippen LogP contribution in [0.1, 0.15) is 30.0 Å². The third-order valence-electron chi connectivity index (χ3n) is 5.38. The quantitative estimate of drug-likeness (QED) is 0.313. The predicted molar refractivity (Wildman–Crippen MR) is 133 cm³/mol. The number of hydrogen-bond donors (Lipinski definition) is 2. The second kappa shape index (κ2) is 12.6. The molecule has 1 aliphatic rings. The van der Waals surface area contributed by atoms with Crippen LogP contribution in [-0.4, -0.2) is 51.8 Å². The number of nitrogens with one attached hydrogen (secondary N) is 2. The summed E-state index contributed by atoms with van der Waals surface area (Å²) < 4.78 is 10.9. The number of aliphatic imine (C=N–C) groups is 1. The smallest absolute Gasteiger partial charge is 0.191 e. The minimum absolute atomic E-state index is 0. The number of para-hydroxylation sites is 1. The highest BCUT2D eigenvalue weighted by Gasteiger charge is 2.26. The Kier molecular flexibility index (Phi) is 10.2. The van der Waals surface area contributed by atoms with Crippen molar-refractivity contribution in [2.75, 3.05) is 40.9 Å². The molecule has 1 fully saturated rings. The molecule has 1 heterocycles. The van der Waals surface area contributed by atoms with Gasteiger partial charge in [-0.1, -0.05) is 30.3 Å². The van der Waals surface area contributed by atoms with Gasteiger partial charge >= 0.3 is 0 Å². The van der Waals surface area contributed by atoms with Gasteiger partial charge in [0.2, 0.25) is 0 Å². The van der Waals surface area contributed by atoms with Gasteiger partial charge in [-0.3, -0.25) is 9.89 Å². The molecule has 2 N–H and O–H groups in total. The molecule has 164 valence electrons. The maximum Gasteiger partial charge on any atom is 0.191 e. The summed E-state index contributed by atoms with van der Waals surface area (Å²) in [6.07, 6.45) is 2.49. The number of rotatable bonds is 8.